The summed E-state index contributed by atoms with van der Waals surface area (Å²) in [6, 6.07) is 3.42. The second-order valence-electron chi connectivity index (χ2n) is 6.33. The second-order valence-corrected chi connectivity index (χ2v) is 6.33. The first-order valence-corrected chi connectivity index (χ1v) is 7.74. The first-order valence-electron chi connectivity index (χ1n) is 7.74. The molecule has 3 heterocycles. The first kappa shape index (κ1) is 12.4. The molecule has 3 nitrogen and oxygen atoms in total. The Balaban J connectivity index is 1.75. The summed E-state index contributed by atoms with van der Waals surface area (Å²) in [5, 5.41) is 9.80. The molecule has 0 radical (unpaired) electrons. The number of piperidine rings is 1. The lowest BCUT2D eigenvalue weighted by molar-refractivity contribution is 0.0445. The molecule has 0 bridgehead atoms. The van der Waals surface area contributed by atoms with Gasteiger partial charge in [-0.2, -0.15) is 5.26 Å². The number of nitrogens with zero attached hydrogens (tertiary/aromatic N) is 3. The van der Waals surface area contributed by atoms with Crippen molar-refractivity contribution in [3.63, 3.8) is 0 Å². The molecular formula is C15H25N3. The van der Waals surface area contributed by atoms with Crippen LogP contribution in [0.1, 0.15) is 51.4 Å². The fourth-order valence-electron chi connectivity index (χ4n) is 4.20. The molecule has 0 spiro atoms. The van der Waals surface area contributed by atoms with Crippen molar-refractivity contribution in [1.29, 1.82) is 5.26 Å². The average molecular weight is 247 g/mol. The maximum absolute atomic E-state index is 9.80. The summed E-state index contributed by atoms with van der Waals surface area (Å²) in [4.78, 5) is 5.16. The summed E-state index contributed by atoms with van der Waals surface area (Å²) < 4.78 is 0. The fraction of sp³-hybridized carbons (Fsp3) is 0.933. The first-order chi connectivity index (χ1) is 8.84. The molecule has 3 aliphatic heterocycles. The minimum Gasteiger partial charge on any atom is -0.300 e. The van der Waals surface area contributed by atoms with Crippen molar-refractivity contribution in [2.24, 2.45) is 0 Å². The summed E-state index contributed by atoms with van der Waals surface area (Å²) in [6.45, 7) is 4.72. The van der Waals surface area contributed by atoms with Crippen molar-refractivity contribution in [2.45, 2.75) is 62.9 Å². The standard InChI is InChI=1S/C15H25N3/c16-13-15(18-9-3-1-2-4-10-18)7-11-17-8-5-6-14(17)12-15/h14H,1-12H2. The van der Waals surface area contributed by atoms with Crippen LogP contribution in [0.25, 0.3) is 0 Å². The molecule has 3 fully saturated rings. The SMILES string of the molecule is N#CC1(N2CCCCCC2)CCN2CCCC2C1. The van der Waals surface area contributed by atoms with E-state index in [1.807, 2.05) is 0 Å². The monoisotopic (exact) mass is 247 g/mol. The second kappa shape index (κ2) is 5.19. The summed E-state index contributed by atoms with van der Waals surface area (Å²) in [5.41, 5.74) is -0.129. The van der Waals surface area contributed by atoms with Gasteiger partial charge in [-0.25, -0.2) is 0 Å². The molecule has 18 heavy (non-hydrogen) atoms. The van der Waals surface area contributed by atoms with Crippen LogP contribution in [0.5, 0.6) is 0 Å². The van der Waals surface area contributed by atoms with Crippen LogP contribution in [-0.2, 0) is 0 Å². The topological polar surface area (TPSA) is 30.3 Å². The highest BCUT2D eigenvalue weighted by Gasteiger charge is 2.45. The van der Waals surface area contributed by atoms with Crippen molar-refractivity contribution in [1.82, 2.24) is 9.80 Å². The number of rotatable bonds is 1. The number of nitriles is 1. The molecule has 0 aliphatic carbocycles. The van der Waals surface area contributed by atoms with Crippen molar-refractivity contribution < 1.29 is 0 Å². The Morgan fingerprint density at radius 3 is 2.44 bits per heavy atom. The zero-order valence-electron chi connectivity index (χ0n) is 11.4. The van der Waals surface area contributed by atoms with Crippen molar-refractivity contribution in [2.75, 3.05) is 26.2 Å². The van der Waals surface area contributed by atoms with E-state index in [2.05, 4.69) is 15.9 Å². The normalized spacial score (nSPS) is 38.9. The summed E-state index contributed by atoms with van der Waals surface area (Å²) in [7, 11) is 0. The van der Waals surface area contributed by atoms with E-state index in [-0.39, 0.29) is 5.54 Å². The van der Waals surface area contributed by atoms with E-state index >= 15 is 0 Å². The molecule has 0 aromatic heterocycles. The highest BCUT2D eigenvalue weighted by molar-refractivity contribution is 5.13. The van der Waals surface area contributed by atoms with Crippen LogP contribution < -0.4 is 0 Å². The van der Waals surface area contributed by atoms with Gasteiger partial charge < -0.3 is 4.90 Å². The van der Waals surface area contributed by atoms with Crippen LogP contribution in [0, 0.1) is 11.3 Å². The van der Waals surface area contributed by atoms with Crippen LogP contribution in [0.4, 0.5) is 0 Å². The molecule has 2 atom stereocenters. The molecule has 3 heteroatoms. The number of likely N-dealkylation sites (tertiary alicyclic amines) is 1. The molecule has 0 N–H and O–H groups in total. The summed E-state index contributed by atoms with van der Waals surface area (Å²) >= 11 is 0. The van der Waals surface area contributed by atoms with Crippen LogP contribution >= 0.6 is 0 Å². The molecular weight excluding hydrogens is 222 g/mol. The van der Waals surface area contributed by atoms with Gasteiger partial charge in [-0.3, -0.25) is 4.90 Å². The Kier molecular flexibility index (Phi) is 3.59. The third-order valence-electron chi connectivity index (χ3n) is 5.30. The predicted molar refractivity (Wildman–Crippen MR) is 72.2 cm³/mol. The molecule has 0 amide bonds. The molecule has 100 valence electrons. The minimum atomic E-state index is -0.129. The third kappa shape index (κ3) is 2.17. The summed E-state index contributed by atoms with van der Waals surface area (Å²) in [5.74, 6) is 0. The van der Waals surface area contributed by atoms with Crippen LogP contribution in [0.3, 0.4) is 0 Å². The van der Waals surface area contributed by atoms with Gasteiger partial charge in [0.15, 0.2) is 0 Å². The third-order valence-corrected chi connectivity index (χ3v) is 5.30. The smallest absolute Gasteiger partial charge is 0.111 e. The quantitative estimate of drug-likeness (QED) is 0.712. The van der Waals surface area contributed by atoms with E-state index in [0.717, 1.165) is 32.5 Å². The molecule has 3 aliphatic rings. The lowest BCUT2D eigenvalue weighted by Gasteiger charge is -2.46. The maximum Gasteiger partial charge on any atom is 0.111 e. The van der Waals surface area contributed by atoms with Gasteiger partial charge in [-0.15, -0.1) is 0 Å². The van der Waals surface area contributed by atoms with Crippen LogP contribution in [-0.4, -0.2) is 47.6 Å². The van der Waals surface area contributed by atoms with Gasteiger partial charge in [0.2, 0.25) is 0 Å². The molecule has 3 saturated heterocycles. The van der Waals surface area contributed by atoms with E-state index in [1.54, 1.807) is 0 Å². The van der Waals surface area contributed by atoms with E-state index in [1.165, 1.54) is 45.1 Å². The Bertz CT molecular complexity index is 327. The summed E-state index contributed by atoms with van der Waals surface area (Å²) in [6.07, 6.45) is 10.1. The lowest BCUT2D eigenvalue weighted by atomic mass is 9.82. The molecule has 3 rings (SSSR count). The molecule has 2 unspecified atom stereocenters. The maximum atomic E-state index is 9.80. The zero-order valence-corrected chi connectivity index (χ0v) is 11.4. The number of hydrogen-bond donors (Lipinski definition) is 0. The van der Waals surface area contributed by atoms with Crippen molar-refractivity contribution in [3.8, 4) is 6.07 Å². The molecule has 0 aromatic rings. The Labute approximate surface area is 111 Å². The number of fused-ring (bicyclic) bond motifs is 1. The Morgan fingerprint density at radius 1 is 0.944 bits per heavy atom. The molecule has 0 aromatic carbocycles. The zero-order chi connectivity index (χ0) is 12.4. The Hall–Kier alpha value is -0.590. The largest absolute Gasteiger partial charge is 0.300 e. The van der Waals surface area contributed by atoms with Crippen molar-refractivity contribution >= 4 is 0 Å². The molecule has 0 saturated carbocycles. The van der Waals surface area contributed by atoms with Gasteiger partial charge in [0.25, 0.3) is 0 Å². The van der Waals surface area contributed by atoms with Gasteiger partial charge >= 0.3 is 0 Å². The highest BCUT2D eigenvalue weighted by Crippen LogP contribution is 2.37. The van der Waals surface area contributed by atoms with Gasteiger partial charge in [0.1, 0.15) is 5.54 Å². The highest BCUT2D eigenvalue weighted by atomic mass is 15.3. The van der Waals surface area contributed by atoms with E-state index in [0.29, 0.717) is 6.04 Å². The fourth-order valence-corrected chi connectivity index (χ4v) is 4.20. The predicted octanol–water partition coefficient (Wildman–Crippen LogP) is 2.38. The van der Waals surface area contributed by atoms with E-state index in [4.69, 9.17) is 0 Å². The van der Waals surface area contributed by atoms with E-state index < -0.39 is 0 Å². The van der Waals surface area contributed by atoms with Gasteiger partial charge in [-0.05, 0) is 58.2 Å². The Morgan fingerprint density at radius 2 is 1.72 bits per heavy atom. The lowest BCUT2D eigenvalue weighted by Crippen LogP contribution is -2.56. The number of hydrogen-bond acceptors (Lipinski definition) is 3. The van der Waals surface area contributed by atoms with E-state index in [9.17, 15) is 5.26 Å². The minimum absolute atomic E-state index is 0.129. The van der Waals surface area contributed by atoms with Crippen molar-refractivity contribution in [3.05, 3.63) is 0 Å². The van der Waals surface area contributed by atoms with Gasteiger partial charge in [-0.1, -0.05) is 12.8 Å². The van der Waals surface area contributed by atoms with Crippen LogP contribution in [0.2, 0.25) is 0 Å². The van der Waals surface area contributed by atoms with Gasteiger partial charge in [0, 0.05) is 12.6 Å². The van der Waals surface area contributed by atoms with Crippen LogP contribution in [0.15, 0.2) is 0 Å². The average Bonchev–Trinajstić information content (AvgIpc) is 2.69. The van der Waals surface area contributed by atoms with Gasteiger partial charge in [0.05, 0.1) is 6.07 Å².